The maximum atomic E-state index is 12.4. The molecule has 0 aliphatic carbocycles. The summed E-state index contributed by atoms with van der Waals surface area (Å²) in [5, 5.41) is 0. The molecule has 0 aliphatic heterocycles. The van der Waals surface area contributed by atoms with E-state index in [1.54, 1.807) is 0 Å². The number of aromatic nitrogens is 1. The fourth-order valence-corrected chi connectivity index (χ4v) is 0.844. The van der Waals surface area contributed by atoms with Crippen molar-refractivity contribution in [2.45, 2.75) is 0 Å². The van der Waals surface area contributed by atoms with E-state index in [1.807, 2.05) is 22.6 Å². The lowest BCUT2D eigenvalue weighted by Crippen LogP contribution is -1.95. The van der Waals surface area contributed by atoms with Crippen LogP contribution in [0.2, 0.25) is 0 Å². The number of nitrogens with zero attached hydrogens (tertiary/aromatic N) is 1. The van der Waals surface area contributed by atoms with E-state index in [0.29, 0.717) is 3.70 Å². The summed E-state index contributed by atoms with van der Waals surface area (Å²) in [4.78, 5) is 3.76. The van der Waals surface area contributed by atoms with E-state index in [1.165, 1.54) is 12.3 Å². The van der Waals surface area contributed by atoms with E-state index in [4.69, 9.17) is 5.73 Å². The zero-order chi connectivity index (χ0) is 6.85. The third-order valence-electron chi connectivity index (χ3n) is 0.888. The molecule has 0 atom stereocenters. The van der Waals surface area contributed by atoms with Crippen molar-refractivity contribution in [3.05, 3.63) is 21.8 Å². The molecule has 1 aromatic rings. The summed E-state index contributed by atoms with van der Waals surface area (Å²) in [5.41, 5.74) is 5.36. The number of nitrogens with two attached hydrogens (primary N) is 1. The summed E-state index contributed by atoms with van der Waals surface area (Å²) >= 11 is 1.87. The topological polar surface area (TPSA) is 38.9 Å². The monoisotopic (exact) mass is 238 g/mol. The van der Waals surface area contributed by atoms with Gasteiger partial charge in [-0.1, -0.05) is 0 Å². The quantitative estimate of drug-likeness (QED) is 0.548. The van der Waals surface area contributed by atoms with E-state index in [9.17, 15) is 4.39 Å². The van der Waals surface area contributed by atoms with E-state index in [0.717, 1.165) is 0 Å². The van der Waals surface area contributed by atoms with Crippen LogP contribution in [0.5, 0.6) is 0 Å². The lowest BCUT2D eigenvalue weighted by atomic mass is 10.4. The summed E-state index contributed by atoms with van der Waals surface area (Å²) in [6.07, 6.45) is 1.38. The Hall–Kier alpha value is -0.390. The van der Waals surface area contributed by atoms with Crippen LogP contribution in [0.15, 0.2) is 12.3 Å². The largest absolute Gasteiger partial charge is 0.394 e. The van der Waals surface area contributed by atoms with Gasteiger partial charge >= 0.3 is 0 Å². The Morgan fingerprint density at radius 3 is 2.78 bits per heavy atom. The molecule has 9 heavy (non-hydrogen) atoms. The smallest absolute Gasteiger partial charge is 0.150 e. The molecule has 48 valence electrons. The highest BCUT2D eigenvalue weighted by Crippen LogP contribution is 2.13. The molecule has 2 nitrogen and oxygen atoms in total. The summed E-state index contributed by atoms with van der Waals surface area (Å²) in [6, 6.07) is 1.23. The van der Waals surface area contributed by atoms with E-state index < -0.39 is 5.82 Å². The van der Waals surface area contributed by atoms with Crippen molar-refractivity contribution in [2.24, 2.45) is 0 Å². The number of halogens is 2. The highest BCUT2D eigenvalue weighted by molar-refractivity contribution is 14.1. The molecule has 0 unspecified atom stereocenters. The second-order valence-corrected chi connectivity index (χ2v) is 2.52. The minimum Gasteiger partial charge on any atom is -0.394 e. The first kappa shape index (κ1) is 6.73. The van der Waals surface area contributed by atoms with Crippen LogP contribution < -0.4 is 5.73 Å². The molecule has 0 bridgehead atoms. The number of pyridine rings is 1. The van der Waals surface area contributed by atoms with Crippen molar-refractivity contribution in [1.82, 2.24) is 4.98 Å². The maximum Gasteiger partial charge on any atom is 0.150 e. The predicted molar refractivity (Wildman–Crippen MR) is 41.3 cm³/mol. The number of anilines is 1. The lowest BCUT2D eigenvalue weighted by molar-refractivity contribution is 0.629. The van der Waals surface area contributed by atoms with Crippen molar-refractivity contribution in [2.75, 3.05) is 5.73 Å². The van der Waals surface area contributed by atoms with Gasteiger partial charge in [0.15, 0.2) is 0 Å². The molecule has 0 saturated carbocycles. The van der Waals surface area contributed by atoms with E-state index >= 15 is 0 Å². The molecule has 4 heteroatoms. The predicted octanol–water partition coefficient (Wildman–Crippen LogP) is 1.41. The van der Waals surface area contributed by atoms with Crippen LogP contribution >= 0.6 is 22.6 Å². The van der Waals surface area contributed by atoms with E-state index in [2.05, 4.69) is 4.98 Å². The molecule has 0 spiro atoms. The zero-order valence-corrected chi connectivity index (χ0v) is 6.59. The Bertz CT molecular complexity index is 206. The normalized spacial score (nSPS) is 9.56. The van der Waals surface area contributed by atoms with Crippen molar-refractivity contribution in [3.63, 3.8) is 0 Å². The Balaban J connectivity index is 3.25. The van der Waals surface area contributed by atoms with Gasteiger partial charge in [-0.2, -0.15) is 0 Å². The molecule has 0 saturated heterocycles. The summed E-state index contributed by atoms with van der Waals surface area (Å²) in [6.45, 7) is 0. The first-order chi connectivity index (χ1) is 4.22. The van der Waals surface area contributed by atoms with Gasteiger partial charge < -0.3 is 5.73 Å². The second-order valence-electron chi connectivity index (χ2n) is 1.50. The second kappa shape index (κ2) is 2.47. The van der Waals surface area contributed by atoms with Crippen LogP contribution in [0.25, 0.3) is 0 Å². The molecule has 1 rings (SSSR count). The number of hydrogen-bond donors (Lipinski definition) is 1. The fraction of sp³-hybridized carbons (Fsp3) is 0. The van der Waals surface area contributed by atoms with Gasteiger partial charge in [0.2, 0.25) is 0 Å². The van der Waals surface area contributed by atoms with Crippen LogP contribution in [0.1, 0.15) is 0 Å². The molecule has 0 aliphatic rings. The van der Waals surface area contributed by atoms with Gasteiger partial charge in [-0.25, -0.2) is 9.37 Å². The van der Waals surface area contributed by atoms with Crippen molar-refractivity contribution in [3.8, 4) is 0 Å². The minimum atomic E-state index is -0.408. The first-order valence-corrected chi connectivity index (χ1v) is 3.35. The van der Waals surface area contributed by atoms with E-state index in [-0.39, 0.29) is 5.69 Å². The van der Waals surface area contributed by atoms with Gasteiger partial charge in [0, 0.05) is 6.20 Å². The zero-order valence-electron chi connectivity index (χ0n) is 4.44. The SMILES string of the molecule is Nc1c(F)ccnc1I. The minimum absolute atomic E-state index is 0.123. The van der Waals surface area contributed by atoms with Crippen LogP contribution in [0.3, 0.4) is 0 Å². The van der Waals surface area contributed by atoms with Crippen LogP contribution in [-0.2, 0) is 0 Å². The van der Waals surface area contributed by atoms with Crippen LogP contribution in [-0.4, -0.2) is 4.98 Å². The lowest BCUT2D eigenvalue weighted by Gasteiger charge is -1.94. The molecule has 2 N–H and O–H groups in total. The molecule has 1 aromatic heterocycles. The van der Waals surface area contributed by atoms with Gasteiger partial charge in [-0.15, -0.1) is 0 Å². The molecular formula is C5H4FIN2. The fourth-order valence-electron chi connectivity index (χ4n) is 0.426. The number of rotatable bonds is 0. The van der Waals surface area contributed by atoms with Crippen molar-refractivity contribution in [1.29, 1.82) is 0 Å². The molecule has 1 heterocycles. The van der Waals surface area contributed by atoms with Gasteiger partial charge in [0.1, 0.15) is 15.2 Å². The van der Waals surface area contributed by atoms with Gasteiger partial charge in [-0.05, 0) is 28.7 Å². The molecule has 0 aromatic carbocycles. The van der Waals surface area contributed by atoms with Gasteiger partial charge in [0.25, 0.3) is 0 Å². The molecular weight excluding hydrogens is 234 g/mol. The van der Waals surface area contributed by atoms with Crippen LogP contribution in [0.4, 0.5) is 10.1 Å². The Morgan fingerprint density at radius 2 is 2.33 bits per heavy atom. The summed E-state index contributed by atoms with van der Waals surface area (Å²) in [5.74, 6) is -0.408. The van der Waals surface area contributed by atoms with Gasteiger partial charge in [0.05, 0.1) is 0 Å². The van der Waals surface area contributed by atoms with Gasteiger partial charge in [-0.3, -0.25) is 0 Å². The molecule has 0 amide bonds. The van der Waals surface area contributed by atoms with Crippen LogP contribution in [0, 0.1) is 9.52 Å². The standard InChI is InChI=1S/C5H4FIN2/c6-3-1-2-9-5(7)4(3)8/h1-2H,8H2. The molecule has 0 radical (unpaired) electrons. The number of nitrogen functional groups attached to an aromatic ring is 1. The summed E-state index contributed by atoms with van der Waals surface area (Å²) < 4.78 is 12.9. The maximum absolute atomic E-state index is 12.4. The highest BCUT2D eigenvalue weighted by atomic mass is 127. The number of hydrogen-bond acceptors (Lipinski definition) is 2. The average Bonchev–Trinajstić information content (AvgIpc) is 1.83. The van der Waals surface area contributed by atoms with Crippen molar-refractivity contribution >= 4 is 28.3 Å². The third kappa shape index (κ3) is 1.29. The highest BCUT2D eigenvalue weighted by Gasteiger charge is 1.99. The third-order valence-corrected chi connectivity index (χ3v) is 1.75. The van der Waals surface area contributed by atoms with Crippen molar-refractivity contribution < 1.29 is 4.39 Å². The first-order valence-electron chi connectivity index (χ1n) is 2.27. The average molecular weight is 238 g/mol. The Morgan fingerprint density at radius 1 is 1.67 bits per heavy atom. The molecule has 0 fully saturated rings. The Labute approximate surface area is 65.4 Å². The Kier molecular flexibility index (Phi) is 1.84. The summed E-state index contributed by atoms with van der Waals surface area (Å²) in [7, 11) is 0.